The lowest BCUT2D eigenvalue weighted by molar-refractivity contribution is -0.0238. The second kappa shape index (κ2) is 8.11. The molecule has 5 nitrogen and oxygen atoms in total. The van der Waals surface area contributed by atoms with Gasteiger partial charge in [-0.2, -0.15) is 0 Å². The van der Waals surface area contributed by atoms with E-state index < -0.39 is 0 Å². The number of rotatable bonds is 6. The molecule has 0 saturated carbocycles. The fraction of sp³-hybridized carbons (Fsp3) is 0.474. The molecular weight excluding hydrogens is 302 g/mol. The van der Waals surface area contributed by atoms with Gasteiger partial charge in [0.05, 0.1) is 12.2 Å². The molecule has 1 aliphatic rings. The van der Waals surface area contributed by atoms with Crippen molar-refractivity contribution < 1.29 is 9.47 Å². The number of ether oxygens (including phenoxy) is 2. The maximum absolute atomic E-state index is 6.05. The minimum atomic E-state index is 0.0670. The number of aromatic nitrogens is 2. The highest BCUT2D eigenvalue weighted by Gasteiger charge is 2.27. The van der Waals surface area contributed by atoms with Crippen LogP contribution in [-0.2, 0) is 4.74 Å². The SMILES string of the molecule is CC(C)Oc1nccnc1NCC1CCCOC1c1ccccc1. The highest BCUT2D eigenvalue weighted by atomic mass is 16.5. The highest BCUT2D eigenvalue weighted by molar-refractivity contribution is 5.44. The second-order valence-electron chi connectivity index (χ2n) is 6.36. The molecule has 1 saturated heterocycles. The first-order valence-corrected chi connectivity index (χ1v) is 8.62. The normalized spacial score (nSPS) is 20.8. The Kier molecular flexibility index (Phi) is 5.64. The molecule has 3 rings (SSSR count). The predicted octanol–water partition coefficient (Wildman–Crippen LogP) is 3.84. The van der Waals surface area contributed by atoms with Gasteiger partial charge in [0, 0.05) is 31.5 Å². The lowest BCUT2D eigenvalue weighted by Gasteiger charge is -2.32. The van der Waals surface area contributed by atoms with E-state index in [-0.39, 0.29) is 12.2 Å². The van der Waals surface area contributed by atoms with Gasteiger partial charge in [0.2, 0.25) is 0 Å². The molecule has 24 heavy (non-hydrogen) atoms. The van der Waals surface area contributed by atoms with E-state index in [1.165, 1.54) is 5.56 Å². The molecule has 1 aliphatic heterocycles. The Hall–Kier alpha value is -2.14. The van der Waals surface area contributed by atoms with Crippen LogP contribution in [0.3, 0.4) is 0 Å². The van der Waals surface area contributed by atoms with Crippen molar-refractivity contribution in [1.29, 1.82) is 0 Å². The van der Waals surface area contributed by atoms with Gasteiger partial charge in [-0.15, -0.1) is 0 Å². The third kappa shape index (κ3) is 4.23. The number of hydrogen-bond acceptors (Lipinski definition) is 5. The molecule has 2 atom stereocenters. The molecule has 2 aromatic rings. The zero-order valence-electron chi connectivity index (χ0n) is 14.3. The summed E-state index contributed by atoms with van der Waals surface area (Å²) in [6.45, 7) is 5.58. The van der Waals surface area contributed by atoms with Crippen molar-refractivity contribution in [1.82, 2.24) is 9.97 Å². The largest absolute Gasteiger partial charge is 0.472 e. The first-order valence-electron chi connectivity index (χ1n) is 8.62. The average molecular weight is 327 g/mol. The van der Waals surface area contributed by atoms with Gasteiger partial charge in [-0.1, -0.05) is 30.3 Å². The number of benzene rings is 1. The molecule has 2 unspecified atom stereocenters. The van der Waals surface area contributed by atoms with Crippen molar-refractivity contribution in [2.75, 3.05) is 18.5 Å². The van der Waals surface area contributed by atoms with Crippen LogP contribution in [0.5, 0.6) is 5.88 Å². The number of nitrogens with one attached hydrogen (secondary N) is 1. The zero-order chi connectivity index (χ0) is 16.8. The van der Waals surface area contributed by atoms with Crippen molar-refractivity contribution >= 4 is 5.82 Å². The highest BCUT2D eigenvalue weighted by Crippen LogP contribution is 2.34. The Bertz CT molecular complexity index is 634. The monoisotopic (exact) mass is 327 g/mol. The van der Waals surface area contributed by atoms with Crippen LogP contribution < -0.4 is 10.1 Å². The van der Waals surface area contributed by atoms with Crippen molar-refractivity contribution in [3.05, 3.63) is 48.3 Å². The van der Waals surface area contributed by atoms with Gasteiger partial charge >= 0.3 is 0 Å². The minimum Gasteiger partial charge on any atom is -0.472 e. The van der Waals surface area contributed by atoms with E-state index in [0.29, 0.717) is 17.6 Å². The Morgan fingerprint density at radius 1 is 1.21 bits per heavy atom. The van der Waals surface area contributed by atoms with E-state index >= 15 is 0 Å². The number of hydrogen-bond donors (Lipinski definition) is 1. The van der Waals surface area contributed by atoms with E-state index in [1.807, 2.05) is 19.9 Å². The molecule has 0 amide bonds. The predicted molar refractivity (Wildman–Crippen MR) is 94.1 cm³/mol. The summed E-state index contributed by atoms with van der Waals surface area (Å²) in [7, 11) is 0. The Balaban J connectivity index is 1.69. The van der Waals surface area contributed by atoms with Gasteiger partial charge in [-0.05, 0) is 32.3 Å². The maximum atomic E-state index is 6.05. The molecule has 0 spiro atoms. The van der Waals surface area contributed by atoms with Gasteiger partial charge in [0.1, 0.15) is 0 Å². The summed E-state index contributed by atoms with van der Waals surface area (Å²) in [4.78, 5) is 8.66. The van der Waals surface area contributed by atoms with Crippen LogP contribution >= 0.6 is 0 Å². The molecule has 0 aliphatic carbocycles. The van der Waals surface area contributed by atoms with E-state index in [1.54, 1.807) is 12.4 Å². The maximum Gasteiger partial charge on any atom is 0.257 e. The first-order chi connectivity index (χ1) is 11.7. The molecule has 128 valence electrons. The van der Waals surface area contributed by atoms with Gasteiger partial charge in [-0.3, -0.25) is 0 Å². The topological polar surface area (TPSA) is 56.3 Å². The molecule has 0 bridgehead atoms. The van der Waals surface area contributed by atoms with Crippen LogP contribution in [0.25, 0.3) is 0 Å². The van der Waals surface area contributed by atoms with Crippen LogP contribution in [-0.4, -0.2) is 29.2 Å². The summed E-state index contributed by atoms with van der Waals surface area (Å²) < 4.78 is 11.8. The van der Waals surface area contributed by atoms with E-state index in [2.05, 4.69) is 39.6 Å². The van der Waals surface area contributed by atoms with Crippen molar-refractivity contribution in [2.45, 2.75) is 38.9 Å². The van der Waals surface area contributed by atoms with E-state index in [4.69, 9.17) is 9.47 Å². The fourth-order valence-electron chi connectivity index (χ4n) is 3.05. The summed E-state index contributed by atoms with van der Waals surface area (Å²) in [5.74, 6) is 1.65. The standard InChI is InChI=1S/C19H25N3O2/c1-14(2)24-19-18(20-10-11-21-19)22-13-16-9-6-12-23-17(16)15-7-4-3-5-8-15/h3-5,7-8,10-11,14,16-17H,6,9,12-13H2,1-2H3,(H,20,22). The lowest BCUT2D eigenvalue weighted by Crippen LogP contribution is -2.28. The fourth-order valence-corrected chi connectivity index (χ4v) is 3.05. The Labute approximate surface area is 143 Å². The first kappa shape index (κ1) is 16.7. The summed E-state index contributed by atoms with van der Waals surface area (Å²) in [5, 5.41) is 3.41. The molecule has 5 heteroatoms. The molecule has 1 fully saturated rings. The van der Waals surface area contributed by atoms with Crippen LogP contribution in [0, 0.1) is 5.92 Å². The van der Waals surface area contributed by atoms with Crippen LogP contribution in [0.4, 0.5) is 5.82 Å². The smallest absolute Gasteiger partial charge is 0.257 e. The lowest BCUT2D eigenvalue weighted by atomic mass is 9.89. The third-order valence-electron chi connectivity index (χ3n) is 4.12. The summed E-state index contributed by atoms with van der Waals surface area (Å²) in [6, 6.07) is 10.4. The van der Waals surface area contributed by atoms with Gasteiger partial charge in [0.25, 0.3) is 5.88 Å². The zero-order valence-corrected chi connectivity index (χ0v) is 14.3. The van der Waals surface area contributed by atoms with E-state index in [0.717, 1.165) is 26.0 Å². The Morgan fingerprint density at radius 3 is 2.79 bits per heavy atom. The van der Waals surface area contributed by atoms with Crippen molar-refractivity contribution in [2.24, 2.45) is 5.92 Å². The quantitative estimate of drug-likeness (QED) is 0.873. The molecule has 2 heterocycles. The summed E-state index contributed by atoms with van der Waals surface area (Å²) >= 11 is 0. The molecule has 1 aromatic carbocycles. The molecule has 1 aromatic heterocycles. The summed E-state index contributed by atoms with van der Waals surface area (Å²) in [5.41, 5.74) is 1.24. The third-order valence-corrected chi connectivity index (χ3v) is 4.12. The summed E-state index contributed by atoms with van der Waals surface area (Å²) in [6.07, 6.45) is 5.75. The Morgan fingerprint density at radius 2 is 2.00 bits per heavy atom. The molecular formula is C19H25N3O2. The van der Waals surface area contributed by atoms with Crippen molar-refractivity contribution in [3.63, 3.8) is 0 Å². The second-order valence-corrected chi connectivity index (χ2v) is 6.36. The minimum absolute atomic E-state index is 0.0670. The average Bonchev–Trinajstić information content (AvgIpc) is 2.61. The van der Waals surface area contributed by atoms with Crippen LogP contribution in [0.2, 0.25) is 0 Å². The van der Waals surface area contributed by atoms with E-state index in [9.17, 15) is 0 Å². The van der Waals surface area contributed by atoms with Gasteiger partial charge in [-0.25, -0.2) is 9.97 Å². The van der Waals surface area contributed by atoms with Crippen LogP contribution in [0.1, 0.15) is 38.4 Å². The van der Waals surface area contributed by atoms with Crippen molar-refractivity contribution in [3.8, 4) is 5.88 Å². The number of nitrogens with zero attached hydrogens (tertiary/aromatic N) is 2. The van der Waals surface area contributed by atoms with Gasteiger partial charge in [0.15, 0.2) is 5.82 Å². The number of anilines is 1. The van der Waals surface area contributed by atoms with Gasteiger partial charge < -0.3 is 14.8 Å². The molecule has 1 N–H and O–H groups in total. The molecule has 0 radical (unpaired) electrons. The van der Waals surface area contributed by atoms with Crippen LogP contribution in [0.15, 0.2) is 42.7 Å².